The van der Waals surface area contributed by atoms with Gasteiger partial charge < -0.3 is 14.4 Å². The van der Waals surface area contributed by atoms with Crippen LogP contribution in [0.2, 0.25) is 0 Å². The number of hydrogen-bond acceptors (Lipinski definition) is 3. The topological polar surface area (TPSA) is 11.4 Å². The van der Waals surface area contributed by atoms with Gasteiger partial charge >= 0.3 is 0 Å². The number of anilines is 6. The molecule has 17 aromatic rings. The van der Waals surface area contributed by atoms with Crippen LogP contribution in [-0.2, 0) is 16.2 Å². The summed E-state index contributed by atoms with van der Waals surface area (Å²) in [5, 5.41) is 7.75. The van der Waals surface area contributed by atoms with E-state index in [2.05, 4.69) is 368 Å². The lowest BCUT2D eigenvalue weighted by molar-refractivity contribution is 0.590. The van der Waals surface area contributed by atoms with Crippen LogP contribution in [0.1, 0.15) is 83.1 Å². The summed E-state index contributed by atoms with van der Waals surface area (Å²) in [5.74, 6) is 0. The summed E-state index contributed by atoms with van der Waals surface area (Å²) in [6.45, 7) is 20.1. The molecule has 4 heterocycles. The highest BCUT2D eigenvalue weighted by Gasteiger charge is 2.48. The molecule has 0 aliphatic carbocycles. The minimum absolute atomic E-state index is 0.00404. The van der Waals surface area contributed by atoms with Gasteiger partial charge in [-0.2, -0.15) is 0 Å². The van der Waals surface area contributed by atoms with Gasteiger partial charge in [0.25, 0.3) is 6.71 Å². The molecule has 0 unspecified atom stereocenters. The van der Waals surface area contributed by atoms with Crippen LogP contribution in [0.5, 0.6) is 0 Å². The van der Waals surface area contributed by atoms with Crippen molar-refractivity contribution in [1.29, 1.82) is 0 Å². The zero-order valence-electron chi connectivity index (χ0n) is 63.7. The summed E-state index contributed by atoms with van der Waals surface area (Å²) in [6, 6.07) is 111. The van der Waals surface area contributed by atoms with Crippen molar-refractivity contribution in [2.45, 2.75) is 78.6 Å². The van der Waals surface area contributed by atoms with E-state index in [0.717, 1.165) is 153 Å². The quantitative estimate of drug-likeness (QED) is 0.105. The van der Waals surface area contributed by atoms with Gasteiger partial charge in [0.2, 0.25) is 0 Å². The molecule has 0 radical (unpaired) electrons. The highest BCUT2D eigenvalue weighted by atomic mass is 32.1. The zero-order chi connectivity index (χ0) is 73.8. The lowest BCUT2D eigenvalue weighted by atomic mass is 9.36. The van der Waals surface area contributed by atoms with Crippen LogP contribution in [0.3, 0.4) is 0 Å². The lowest BCUT2D eigenvalue weighted by Crippen LogP contribution is -2.60. The van der Waals surface area contributed by atoms with E-state index in [0.29, 0.717) is 16.8 Å². The maximum Gasteiger partial charge on any atom is 0.264 e. The van der Waals surface area contributed by atoms with Gasteiger partial charge in [0.15, 0.2) is 0 Å². The number of benzene rings is 15. The summed E-state index contributed by atoms with van der Waals surface area (Å²) < 4.78 is 38.6. The van der Waals surface area contributed by atoms with E-state index in [1.54, 1.807) is 11.3 Å². The number of para-hydroxylation sites is 2. The average molecular weight is 1370 g/mol. The Morgan fingerprint density at radius 3 is 1.28 bits per heavy atom. The first-order valence-electron chi connectivity index (χ1n) is 38.3. The lowest BCUT2D eigenvalue weighted by Gasteiger charge is -2.45. The van der Waals surface area contributed by atoms with E-state index in [1.165, 1.54) is 22.1 Å². The Kier molecular flexibility index (Phi) is 14.2. The fraction of sp³-hybridized carbons (Fsp3) is 0.120. The van der Waals surface area contributed by atoms with E-state index in [9.17, 15) is 4.11 Å². The molecule has 0 bridgehead atoms. The smallest absolute Gasteiger partial charge is 0.264 e. The number of nitrogens with zero attached hydrogens (tertiary/aromatic N) is 3. The van der Waals surface area contributed by atoms with Gasteiger partial charge in [-0.25, -0.2) is 0 Å². The summed E-state index contributed by atoms with van der Waals surface area (Å²) in [7, 11) is 0. The van der Waals surface area contributed by atoms with Gasteiger partial charge in [0.05, 0.1) is 32.2 Å². The SMILES string of the molecule is [2H]c1c([2H])c(-n2c3ccccc3c3ccccc32)c([2H])c2c1B1c3sc4cc(C(C)(C)C)ccc4c3N(c3c(-c4ccccc4)cc(C(C)(C)C)cc3-c3ccccc3)c3cc(-c4ccc5c(-c6ccccc6)c6ccccc6cc5c4)cc(c31)N2c1c(-c2ccccc2)cc(C(C)(C)C)cc1-c1ccccc1. The Balaban J connectivity index is 1.05. The molecule has 2 aliphatic heterocycles. The van der Waals surface area contributed by atoms with E-state index in [1.807, 2.05) is 12.1 Å². The maximum absolute atomic E-state index is 11.8. The number of aromatic nitrogens is 1. The summed E-state index contributed by atoms with van der Waals surface area (Å²) in [4.78, 5) is 5.07. The molecular formula is C100H80BN3S. The third-order valence-corrected chi connectivity index (χ3v) is 23.3. The van der Waals surface area contributed by atoms with Crippen molar-refractivity contribution in [3.05, 3.63) is 338 Å². The summed E-state index contributed by atoms with van der Waals surface area (Å²) in [6.07, 6.45) is 0. The van der Waals surface area contributed by atoms with Crippen molar-refractivity contribution in [1.82, 2.24) is 4.57 Å². The van der Waals surface area contributed by atoms with Crippen molar-refractivity contribution in [2.24, 2.45) is 0 Å². The van der Waals surface area contributed by atoms with E-state index < -0.39 is 6.71 Å². The van der Waals surface area contributed by atoms with Gasteiger partial charge in [-0.15, -0.1) is 11.3 Å². The van der Waals surface area contributed by atoms with Gasteiger partial charge in [-0.3, -0.25) is 0 Å². The Hall–Kier alpha value is -11.8. The van der Waals surface area contributed by atoms with Crippen molar-refractivity contribution in [2.75, 3.05) is 9.80 Å². The highest BCUT2D eigenvalue weighted by Crippen LogP contribution is 2.57. The Labute approximate surface area is 624 Å². The highest BCUT2D eigenvalue weighted by molar-refractivity contribution is 7.33. The molecule has 0 fully saturated rings. The number of thiophene rings is 1. The first kappa shape index (κ1) is 60.8. The van der Waals surface area contributed by atoms with Crippen molar-refractivity contribution in [3.63, 3.8) is 0 Å². The molecule has 0 spiro atoms. The molecule has 0 saturated heterocycles. The van der Waals surface area contributed by atoms with E-state index in [-0.39, 0.29) is 34.4 Å². The minimum atomic E-state index is -0.662. The molecular weight excluding hydrogens is 1290 g/mol. The molecule has 105 heavy (non-hydrogen) atoms. The van der Waals surface area contributed by atoms with E-state index in [4.69, 9.17) is 0 Å². The third-order valence-electron chi connectivity index (χ3n) is 22.1. The van der Waals surface area contributed by atoms with Crippen LogP contribution in [0.15, 0.2) is 321 Å². The van der Waals surface area contributed by atoms with Gasteiger partial charge in [-0.05, 0) is 189 Å². The number of rotatable bonds is 9. The van der Waals surface area contributed by atoms with Crippen LogP contribution in [0.25, 0.3) is 126 Å². The predicted molar refractivity (Wildman–Crippen MR) is 454 cm³/mol. The van der Waals surface area contributed by atoms with Gasteiger partial charge in [-0.1, -0.05) is 305 Å². The van der Waals surface area contributed by atoms with Crippen LogP contribution in [-0.4, -0.2) is 11.3 Å². The standard InChI is InChI=1S/C100H80BN3S/c1-98(2,3)72-48-51-80-91(61-72)105-97-96(80)104(95-83(65-35-19-12-20-36-65)59-74(100(7,8)9)60-84(95)66-37-21-13-22-38-66)90-56-70(68-47-50-77-71(53-68)54-69-41-25-26-42-76(69)92(77)67-39-23-14-24-40-67)55-89-93(90)101(97)85-52-49-75(102-86-45-29-27-43-78(86)79-44-28-30-46-87(79)102)62-88(85)103(89)94-81(63-31-15-10-16-32-63)57-73(99(4,5)6)58-82(94)64-33-17-11-18-34-64/h10-62H,1-9H3/i49D,52D,62D. The second-order valence-corrected chi connectivity index (χ2v) is 32.8. The Bertz CT molecular complexity index is 6350. The molecule has 0 atom stereocenters. The van der Waals surface area contributed by atoms with Crippen LogP contribution < -0.4 is 25.5 Å². The number of fused-ring (bicyclic) bond motifs is 11. The first-order valence-corrected chi connectivity index (χ1v) is 37.7. The van der Waals surface area contributed by atoms with Crippen LogP contribution in [0, 0.1) is 0 Å². The molecule has 2 aromatic heterocycles. The summed E-state index contributed by atoms with van der Waals surface area (Å²) in [5.41, 5.74) is 24.6. The third kappa shape index (κ3) is 10.6. The van der Waals surface area contributed by atoms with Crippen LogP contribution >= 0.6 is 11.3 Å². The molecule has 3 nitrogen and oxygen atoms in total. The molecule has 5 heteroatoms. The minimum Gasteiger partial charge on any atom is -0.310 e. The molecule has 2 aliphatic rings. The number of hydrogen-bond donors (Lipinski definition) is 0. The van der Waals surface area contributed by atoms with E-state index >= 15 is 0 Å². The first-order chi connectivity index (χ1) is 52.3. The molecule has 0 amide bonds. The fourth-order valence-corrected chi connectivity index (χ4v) is 18.1. The maximum atomic E-state index is 11.8. The van der Waals surface area contributed by atoms with Crippen molar-refractivity contribution in [3.8, 4) is 72.4 Å². The second-order valence-electron chi connectivity index (χ2n) is 31.7. The molecule has 19 rings (SSSR count). The monoisotopic (exact) mass is 1370 g/mol. The Morgan fingerprint density at radius 1 is 0.324 bits per heavy atom. The van der Waals surface area contributed by atoms with Crippen molar-refractivity contribution < 1.29 is 4.11 Å². The van der Waals surface area contributed by atoms with Crippen LogP contribution in [0.4, 0.5) is 34.1 Å². The van der Waals surface area contributed by atoms with Gasteiger partial charge in [0, 0.05) is 70.6 Å². The predicted octanol–water partition coefficient (Wildman–Crippen LogP) is 26.3. The molecule has 0 N–H and O–H groups in total. The fourth-order valence-electron chi connectivity index (χ4n) is 16.8. The zero-order valence-corrected chi connectivity index (χ0v) is 61.5. The van der Waals surface area contributed by atoms with Crippen molar-refractivity contribution >= 4 is 121 Å². The second kappa shape index (κ2) is 24.4. The largest absolute Gasteiger partial charge is 0.310 e. The van der Waals surface area contributed by atoms with Gasteiger partial charge in [0.1, 0.15) is 0 Å². The normalized spacial score (nSPS) is 13.3. The molecule has 504 valence electrons. The Morgan fingerprint density at radius 2 is 0.762 bits per heavy atom. The average Bonchev–Trinajstić information content (AvgIpc) is 1.17. The molecule has 0 saturated carbocycles. The molecule has 15 aromatic carbocycles. The summed E-state index contributed by atoms with van der Waals surface area (Å²) >= 11 is 1.80.